The van der Waals surface area contributed by atoms with Crippen molar-refractivity contribution in [2.24, 2.45) is 0 Å². The average molecular weight is 338 g/mol. The van der Waals surface area contributed by atoms with Gasteiger partial charge >= 0.3 is 0 Å². The SMILES string of the molecule is Cc1cnc2c(S(=O)(=O)Nc3ccc4c(c3)CCC4)cccc2c1. The molecule has 1 heterocycles. The van der Waals surface area contributed by atoms with Gasteiger partial charge in [-0.2, -0.15) is 0 Å². The molecule has 0 saturated heterocycles. The maximum atomic E-state index is 12.8. The van der Waals surface area contributed by atoms with Crippen molar-refractivity contribution in [3.8, 4) is 0 Å². The van der Waals surface area contributed by atoms with Crippen molar-refractivity contribution in [2.45, 2.75) is 31.1 Å². The van der Waals surface area contributed by atoms with E-state index in [1.165, 1.54) is 11.1 Å². The molecule has 0 unspecified atom stereocenters. The third-order valence-corrected chi connectivity index (χ3v) is 5.86. The highest BCUT2D eigenvalue weighted by Crippen LogP contribution is 2.28. The Morgan fingerprint density at radius 3 is 2.75 bits per heavy atom. The van der Waals surface area contributed by atoms with Gasteiger partial charge in [-0.15, -0.1) is 0 Å². The van der Waals surface area contributed by atoms with Crippen LogP contribution in [0.1, 0.15) is 23.1 Å². The Kier molecular flexibility index (Phi) is 3.53. The molecule has 2 aromatic carbocycles. The molecule has 0 atom stereocenters. The fourth-order valence-corrected chi connectivity index (χ4v) is 4.54. The van der Waals surface area contributed by atoms with Gasteiger partial charge in [0.2, 0.25) is 0 Å². The van der Waals surface area contributed by atoms with Crippen LogP contribution in [0.5, 0.6) is 0 Å². The summed E-state index contributed by atoms with van der Waals surface area (Å²) in [6, 6.07) is 13.0. The van der Waals surface area contributed by atoms with Crippen molar-refractivity contribution >= 4 is 26.6 Å². The van der Waals surface area contributed by atoms with Gasteiger partial charge in [0.1, 0.15) is 4.90 Å². The summed E-state index contributed by atoms with van der Waals surface area (Å²) in [6.07, 6.45) is 4.92. The number of benzene rings is 2. The summed E-state index contributed by atoms with van der Waals surface area (Å²) in [5.41, 5.74) is 4.67. The van der Waals surface area contributed by atoms with Crippen molar-refractivity contribution in [3.63, 3.8) is 0 Å². The van der Waals surface area contributed by atoms with Crippen LogP contribution in [0, 0.1) is 6.92 Å². The molecule has 1 N–H and O–H groups in total. The summed E-state index contributed by atoms with van der Waals surface area (Å²) in [6.45, 7) is 1.94. The summed E-state index contributed by atoms with van der Waals surface area (Å²) in [7, 11) is -3.68. The monoisotopic (exact) mass is 338 g/mol. The Hall–Kier alpha value is -2.40. The molecule has 0 saturated carbocycles. The van der Waals surface area contributed by atoms with Gasteiger partial charge in [-0.3, -0.25) is 9.71 Å². The molecule has 5 heteroatoms. The van der Waals surface area contributed by atoms with E-state index in [-0.39, 0.29) is 4.90 Å². The highest BCUT2D eigenvalue weighted by molar-refractivity contribution is 7.93. The van der Waals surface area contributed by atoms with E-state index in [4.69, 9.17) is 0 Å². The molecule has 3 aromatic rings. The van der Waals surface area contributed by atoms with Crippen LogP contribution >= 0.6 is 0 Å². The molecule has 0 fully saturated rings. The summed E-state index contributed by atoms with van der Waals surface area (Å²) >= 11 is 0. The maximum Gasteiger partial charge on any atom is 0.264 e. The van der Waals surface area contributed by atoms with Crippen LogP contribution in [0.25, 0.3) is 10.9 Å². The lowest BCUT2D eigenvalue weighted by Gasteiger charge is -2.11. The number of hydrogen-bond donors (Lipinski definition) is 1. The smallest absolute Gasteiger partial charge is 0.264 e. The molecule has 0 bridgehead atoms. The molecular formula is C19H18N2O2S. The Bertz CT molecular complexity index is 1040. The van der Waals surface area contributed by atoms with Crippen molar-refractivity contribution in [1.82, 2.24) is 4.98 Å². The number of sulfonamides is 1. The molecular weight excluding hydrogens is 320 g/mol. The van der Waals surface area contributed by atoms with Gasteiger partial charge in [0.15, 0.2) is 0 Å². The van der Waals surface area contributed by atoms with Crippen molar-refractivity contribution in [2.75, 3.05) is 4.72 Å². The third-order valence-electron chi connectivity index (χ3n) is 4.45. The minimum absolute atomic E-state index is 0.209. The molecule has 4 nitrogen and oxygen atoms in total. The van der Waals surface area contributed by atoms with Crippen LogP contribution < -0.4 is 4.72 Å². The molecule has 0 amide bonds. The summed E-state index contributed by atoms with van der Waals surface area (Å²) in [5, 5.41) is 0.826. The van der Waals surface area contributed by atoms with E-state index < -0.39 is 10.0 Å². The van der Waals surface area contributed by atoms with Gasteiger partial charge in [0, 0.05) is 17.3 Å². The minimum atomic E-state index is -3.68. The van der Waals surface area contributed by atoms with Gasteiger partial charge in [-0.1, -0.05) is 18.2 Å². The van der Waals surface area contributed by atoms with Crippen LogP contribution in [0.2, 0.25) is 0 Å². The third kappa shape index (κ3) is 2.65. The predicted octanol–water partition coefficient (Wildman–Crippen LogP) is 3.83. The first kappa shape index (κ1) is 15.1. The van der Waals surface area contributed by atoms with E-state index in [1.807, 2.05) is 37.3 Å². The Balaban J connectivity index is 1.75. The van der Waals surface area contributed by atoms with E-state index in [1.54, 1.807) is 18.3 Å². The quantitative estimate of drug-likeness (QED) is 0.789. The van der Waals surface area contributed by atoms with E-state index >= 15 is 0 Å². The lowest BCUT2D eigenvalue weighted by atomic mass is 10.1. The van der Waals surface area contributed by atoms with Gasteiger partial charge in [0.05, 0.1) is 5.52 Å². The van der Waals surface area contributed by atoms with Crippen LogP contribution in [0.4, 0.5) is 5.69 Å². The number of para-hydroxylation sites is 1. The summed E-state index contributed by atoms with van der Waals surface area (Å²) < 4.78 is 28.4. The number of anilines is 1. The van der Waals surface area contributed by atoms with E-state index in [2.05, 4.69) is 9.71 Å². The number of hydrogen-bond acceptors (Lipinski definition) is 3. The highest BCUT2D eigenvalue weighted by Gasteiger charge is 2.19. The lowest BCUT2D eigenvalue weighted by Crippen LogP contribution is -2.14. The number of rotatable bonds is 3. The zero-order valence-electron chi connectivity index (χ0n) is 13.4. The summed E-state index contributed by atoms with van der Waals surface area (Å²) in [5.74, 6) is 0. The van der Waals surface area contributed by atoms with Crippen LogP contribution in [-0.2, 0) is 22.9 Å². The van der Waals surface area contributed by atoms with E-state index in [9.17, 15) is 8.42 Å². The van der Waals surface area contributed by atoms with Gasteiger partial charge < -0.3 is 0 Å². The molecule has 24 heavy (non-hydrogen) atoms. The fourth-order valence-electron chi connectivity index (χ4n) is 3.31. The Labute approximate surface area is 141 Å². The number of nitrogens with zero attached hydrogens (tertiary/aromatic N) is 1. The maximum absolute atomic E-state index is 12.8. The van der Waals surface area contributed by atoms with Crippen LogP contribution in [0.3, 0.4) is 0 Å². The molecule has 0 spiro atoms. The Morgan fingerprint density at radius 1 is 1.04 bits per heavy atom. The number of fused-ring (bicyclic) bond motifs is 2. The number of aryl methyl sites for hydroxylation is 3. The van der Waals surface area contributed by atoms with Crippen molar-refractivity contribution < 1.29 is 8.42 Å². The molecule has 1 aromatic heterocycles. The summed E-state index contributed by atoms with van der Waals surface area (Å²) in [4.78, 5) is 4.54. The fraction of sp³-hybridized carbons (Fsp3) is 0.211. The molecule has 122 valence electrons. The zero-order chi connectivity index (χ0) is 16.7. The number of aromatic nitrogens is 1. The number of nitrogens with one attached hydrogen (secondary N) is 1. The predicted molar refractivity (Wildman–Crippen MR) is 95.8 cm³/mol. The molecule has 0 radical (unpaired) electrons. The van der Waals surface area contributed by atoms with Crippen molar-refractivity contribution in [1.29, 1.82) is 0 Å². The Morgan fingerprint density at radius 2 is 1.88 bits per heavy atom. The van der Waals surface area contributed by atoms with Crippen molar-refractivity contribution in [3.05, 3.63) is 65.4 Å². The van der Waals surface area contributed by atoms with Gasteiger partial charge in [0.25, 0.3) is 10.0 Å². The van der Waals surface area contributed by atoms with E-state index in [0.29, 0.717) is 11.2 Å². The normalized spacial score (nSPS) is 13.9. The molecule has 4 rings (SSSR count). The first-order valence-corrected chi connectivity index (χ1v) is 9.51. The number of pyridine rings is 1. The average Bonchev–Trinajstić information content (AvgIpc) is 3.01. The molecule has 1 aliphatic carbocycles. The second-order valence-electron chi connectivity index (χ2n) is 6.28. The molecule has 0 aliphatic heterocycles. The van der Waals surface area contributed by atoms with Crippen LogP contribution in [0.15, 0.2) is 53.6 Å². The first-order chi connectivity index (χ1) is 11.5. The standard InChI is InChI=1S/C19H18N2O2S/c1-13-10-16-6-3-7-18(19(16)20-12-13)24(22,23)21-17-9-8-14-4-2-5-15(14)11-17/h3,6-12,21H,2,4-5H2,1H3. The van der Waals surface area contributed by atoms with E-state index in [0.717, 1.165) is 30.2 Å². The first-order valence-electron chi connectivity index (χ1n) is 8.03. The van der Waals surface area contributed by atoms with Gasteiger partial charge in [-0.05, 0) is 67.1 Å². The topological polar surface area (TPSA) is 59.1 Å². The molecule has 1 aliphatic rings. The zero-order valence-corrected chi connectivity index (χ0v) is 14.2. The van der Waals surface area contributed by atoms with Gasteiger partial charge in [-0.25, -0.2) is 8.42 Å². The lowest BCUT2D eigenvalue weighted by molar-refractivity contribution is 0.602. The highest BCUT2D eigenvalue weighted by atomic mass is 32.2. The second kappa shape index (κ2) is 5.60. The van der Waals surface area contributed by atoms with Crippen LogP contribution in [-0.4, -0.2) is 13.4 Å². The second-order valence-corrected chi connectivity index (χ2v) is 7.93. The largest absolute Gasteiger partial charge is 0.280 e. The minimum Gasteiger partial charge on any atom is -0.280 e.